The van der Waals surface area contributed by atoms with Gasteiger partial charge in [0.05, 0.1) is 5.92 Å². The van der Waals surface area contributed by atoms with Crippen molar-refractivity contribution < 1.29 is 13.9 Å². The molecule has 0 spiro atoms. The second-order valence-electron chi connectivity index (χ2n) is 8.11. The molecule has 2 aliphatic rings. The third kappa shape index (κ3) is 5.10. The van der Waals surface area contributed by atoms with Crippen LogP contribution in [-0.4, -0.2) is 14.1 Å². The molecule has 144 valence electrons. The van der Waals surface area contributed by atoms with Crippen molar-refractivity contribution in [1.82, 2.24) is 0 Å². The van der Waals surface area contributed by atoms with E-state index in [1.807, 2.05) is 0 Å². The van der Waals surface area contributed by atoms with Gasteiger partial charge in [0.2, 0.25) is 0 Å². The molecule has 1 heterocycles. The lowest BCUT2D eigenvalue weighted by Gasteiger charge is -2.41. The standard InChI is InChI=1S/C21H30ClFO2Si/c1-2-3-17-14-26(22)13-12-20(17)15-4-6-16(7-5-15)21(24)25-19-10-8-18(23)9-11-19/h8-11,15-17,20,26H,2-7,12-14H2,1H3. The number of benzene rings is 1. The normalized spacial score (nSPS) is 32.2. The summed E-state index contributed by atoms with van der Waals surface area (Å²) < 4.78 is 18.4. The van der Waals surface area contributed by atoms with Gasteiger partial charge in [-0.3, -0.25) is 4.79 Å². The lowest BCUT2D eigenvalue weighted by Crippen LogP contribution is -2.35. The fraction of sp³-hybridized carbons (Fsp3) is 0.667. The lowest BCUT2D eigenvalue weighted by atomic mass is 9.70. The molecule has 0 radical (unpaired) electrons. The van der Waals surface area contributed by atoms with Gasteiger partial charge in [-0.2, -0.15) is 11.1 Å². The average molecular weight is 397 g/mol. The van der Waals surface area contributed by atoms with Gasteiger partial charge in [0, 0.05) is 0 Å². The minimum Gasteiger partial charge on any atom is -0.426 e. The van der Waals surface area contributed by atoms with Gasteiger partial charge in [0.15, 0.2) is 0 Å². The number of hydrogen-bond donors (Lipinski definition) is 0. The number of ether oxygens (including phenoxy) is 1. The summed E-state index contributed by atoms with van der Waals surface area (Å²) in [4.78, 5) is 12.4. The van der Waals surface area contributed by atoms with Gasteiger partial charge in [-0.1, -0.05) is 26.2 Å². The zero-order chi connectivity index (χ0) is 18.5. The number of halogens is 2. The Labute approximate surface area is 162 Å². The number of carbonyl (C=O) groups is 1. The van der Waals surface area contributed by atoms with E-state index >= 15 is 0 Å². The summed E-state index contributed by atoms with van der Waals surface area (Å²) in [7, 11) is -0.978. The van der Waals surface area contributed by atoms with Gasteiger partial charge in [-0.15, -0.1) is 0 Å². The molecule has 3 atom stereocenters. The molecular weight excluding hydrogens is 367 g/mol. The molecule has 26 heavy (non-hydrogen) atoms. The molecule has 0 bridgehead atoms. The summed E-state index contributed by atoms with van der Waals surface area (Å²) in [5.74, 6) is 2.33. The van der Waals surface area contributed by atoms with E-state index in [0.29, 0.717) is 5.75 Å². The minimum atomic E-state index is -0.978. The smallest absolute Gasteiger partial charge is 0.314 e. The first-order valence-electron chi connectivity index (χ1n) is 10.2. The van der Waals surface area contributed by atoms with Crippen LogP contribution in [0, 0.1) is 29.5 Å². The van der Waals surface area contributed by atoms with Crippen molar-refractivity contribution in [2.24, 2.45) is 23.7 Å². The first kappa shape index (κ1) is 19.9. The second-order valence-corrected chi connectivity index (χ2v) is 12.2. The molecule has 0 amide bonds. The van der Waals surface area contributed by atoms with Crippen LogP contribution in [0.2, 0.25) is 12.1 Å². The van der Waals surface area contributed by atoms with E-state index in [-0.39, 0.29) is 17.7 Å². The quantitative estimate of drug-likeness (QED) is 0.266. The molecule has 2 nitrogen and oxygen atoms in total. The van der Waals surface area contributed by atoms with Crippen molar-refractivity contribution in [2.45, 2.75) is 64.0 Å². The van der Waals surface area contributed by atoms with Gasteiger partial charge in [0.1, 0.15) is 19.7 Å². The highest BCUT2D eigenvalue weighted by Gasteiger charge is 2.38. The Balaban J connectivity index is 1.51. The van der Waals surface area contributed by atoms with Crippen molar-refractivity contribution in [3.05, 3.63) is 30.1 Å². The monoisotopic (exact) mass is 396 g/mol. The minimum absolute atomic E-state index is 0.0142. The van der Waals surface area contributed by atoms with Gasteiger partial charge in [-0.25, -0.2) is 4.39 Å². The molecule has 5 heteroatoms. The molecule has 1 aliphatic carbocycles. The molecule has 3 unspecified atom stereocenters. The van der Waals surface area contributed by atoms with Crippen molar-refractivity contribution >= 4 is 25.2 Å². The van der Waals surface area contributed by atoms with E-state index in [1.165, 1.54) is 55.6 Å². The van der Waals surface area contributed by atoms with E-state index in [1.54, 1.807) is 0 Å². The molecule has 1 saturated heterocycles. The van der Waals surface area contributed by atoms with Crippen LogP contribution in [0.3, 0.4) is 0 Å². The van der Waals surface area contributed by atoms with E-state index < -0.39 is 8.11 Å². The van der Waals surface area contributed by atoms with Gasteiger partial charge in [0.25, 0.3) is 0 Å². The van der Waals surface area contributed by atoms with Crippen LogP contribution in [0.15, 0.2) is 24.3 Å². The maximum atomic E-state index is 13.0. The molecule has 1 aromatic rings. The Kier molecular flexibility index (Phi) is 7.16. The fourth-order valence-electron chi connectivity index (χ4n) is 5.04. The zero-order valence-corrected chi connectivity index (χ0v) is 17.5. The van der Waals surface area contributed by atoms with Crippen LogP contribution in [0.4, 0.5) is 4.39 Å². The second kappa shape index (κ2) is 9.36. The van der Waals surface area contributed by atoms with E-state index in [2.05, 4.69) is 6.92 Å². The predicted molar refractivity (Wildman–Crippen MR) is 107 cm³/mol. The van der Waals surface area contributed by atoms with Crippen LogP contribution in [-0.2, 0) is 4.79 Å². The molecule has 3 rings (SSSR count). The third-order valence-electron chi connectivity index (χ3n) is 6.38. The maximum absolute atomic E-state index is 13.0. The van der Waals surface area contributed by atoms with E-state index in [9.17, 15) is 9.18 Å². The van der Waals surface area contributed by atoms with Crippen molar-refractivity contribution in [3.63, 3.8) is 0 Å². The highest BCUT2D eigenvalue weighted by Crippen LogP contribution is 2.45. The summed E-state index contributed by atoms with van der Waals surface area (Å²) >= 11 is 6.56. The van der Waals surface area contributed by atoms with E-state index in [0.717, 1.165) is 43.4 Å². The number of rotatable bonds is 5. The molecule has 2 fully saturated rings. The first-order valence-corrected chi connectivity index (χ1v) is 13.6. The summed E-state index contributed by atoms with van der Waals surface area (Å²) in [6, 6.07) is 8.25. The molecule has 0 N–H and O–H groups in total. The summed E-state index contributed by atoms with van der Waals surface area (Å²) in [5.41, 5.74) is 0. The Bertz CT molecular complexity index is 586. The van der Waals surface area contributed by atoms with Crippen LogP contribution >= 0.6 is 11.1 Å². The highest BCUT2D eigenvalue weighted by atomic mass is 35.6. The van der Waals surface area contributed by atoms with E-state index in [4.69, 9.17) is 15.8 Å². The SMILES string of the molecule is CCCC1C[SiH](Cl)CCC1C1CCC(C(=O)Oc2ccc(F)cc2)CC1. The molecule has 1 saturated carbocycles. The van der Waals surface area contributed by atoms with Crippen molar-refractivity contribution in [3.8, 4) is 5.75 Å². The molecule has 0 aromatic heterocycles. The van der Waals surface area contributed by atoms with Gasteiger partial charge in [-0.05, 0) is 79.8 Å². The Morgan fingerprint density at radius 2 is 1.88 bits per heavy atom. The topological polar surface area (TPSA) is 26.3 Å². The third-order valence-corrected chi connectivity index (χ3v) is 9.65. The van der Waals surface area contributed by atoms with Crippen LogP contribution in [0.25, 0.3) is 0 Å². The van der Waals surface area contributed by atoms with Crippen LogP contribution in [0.5, 0.6) is 5.75 Å². The van der Waals surface area contributed by atoms with Gasteiger partial charge >= 0.3 is 5.97 Å². The predicted octanol–water partition coefficient (Wildman–Crippen LogP) is 5.94. The van der Waals surface area contributed by atoms with Crippen LogP contribution in [0.1, 0.15) is 51.9 Å². The maximum Gasteiger partial charge on any atom is 0.314 e. The highest BCUT2D eigenvalue weighted by molar-refractivity contribution is 7.07. The van der Waals surface area contributed by atoms with Crippen LogP contribution < -0.4 is 4.74 Å². The number of esters is 1. The molecule has 1 aromatic carbocycles. The number of carbonyl (C=O) groups excluding carboxylic acids is 1. The number of hydrogen-bond acceptors (Lipinski definition) is 2. The Hall–Kier alpha value is -0.873. The van der Waals surface area contributed by atoms with Crippen molar-refractivity contribution in [2.75, 3.05) is 0 Å². The molecule has 1 aliphatic heterocycles. The summed E-state index contributed by atoms with van der Waals surface area (Å²) in [6.45, 7) is 2.28. The fourth-order valence-corrected chi connectivity index (χ4v) is 8.33. The summed E-state index contributed by atoms with van der Waals surface area (Å²) in [6.07, 6.45) is 7.96. The largest absolute Gasteiger partial charge is 0.426 e. The first-order chi connectivity index (χ1) is 12.6. The molecular formula is C21H30ClFO2Si. The lowest BCUT2D eigenvalue weighted by molar-refractivity contribution is -0.140. The van der Waals surface area contributed by atoms with Crippen molar-refractivity contribution in [1.29, 1.82) is 0 Å². The average Bonchev–Trinajstić information content (AvgIpc) is 2.64. The zero-order valence-electron chi connectivity index (χ0n) is 15.6. The van der Waals surface area contributed by atoms with Gasteiger partial charge < -0.3 is 4.74 Å². The summed E-state index contributed by atoms with van der Waals surface area (Å²) in [5, 5.41) is 0. The Morgan fingerprint density at radius 3 is 2.54 bits per heavy atom. The Morgan fingerprint density at radius 1 is 1.19 bits per heavy atom.